The van der Waals surface area contributed by atoms with Crippen LogP contribution in [-0.2, 0) is 22.4 Å². The van der Waals surface area contributed by atoms with Crippen LogP contribution in [0.4, 0.5) is 11.5 Å². The number of fused-ring (bicyclic) bond motifs is 2. The Bertz CT molecular complexity index is 1130. The van der Waals surface area contributed by atoms with Crippen molar-refractivity contribution in [1.82, 2.24) is 9.88 Å². The molecule has 3 aromatic rings. The first-order valence-electron chi connectivity index (χ1n) is 13.0. The first kappa shape index (κ1) is 25.9. The van der Waals surface area contributed by atoms with E-state index in [1.165, 1.54) is 12.0 Å². The van der Waals surface area contributed by atoms with Gasteiger partial charge in [0.2, 0.25) is 0 Å². The van der Waals surface area contributed by atoms with Gasteiger partial charge in [0, 0.05) is 43.5 Å². The first-order valence-corrected chi connectivity index (χ1v) is 13.0. The number of aromatic nitrogens is 1. The molecule has 1 aliphatic heterocycles. The summed E-state index contributed by atoms with van der Waals surface area (Å²) in [5.74, 6) is 0.223. The number of hydrogen-bond donors (Lipinski definition) is 3. The molecule has 4 rings (SSSR count). The minimum atomic E-state index is -0.832. The SMILES string of the molecule is COCCN(CCCCc1ccc2c(n1)NCCC2)CC[C@H](Nc1cccc2ccccc12)C(=O)O. The second kappa shape index (κ2) is 13.2. The van der Waals surface area contributed by atoms with Crippen LogP contribution in [0.1, 0.15) is 36.9 Å². The zero-order valence-electron chi connectivity index (χ0n) is 21.2. The van der Waals surface area contributed by atoms with Crippen LogP contribution in [0.15, 0.2) is 54.6 Å². The Hall–Kier alpha value is -3.16. The number of ether oxygens (including phenoxy) is 1. The number of methoxy groups -OCH3 is 1. The predicted octanol–water partition coefficient (Wildman–Crippen LogP) is 4.82. The molecule has 1 atom stereocenters. The van der Waals surface area contributed by atoms with Crippen molar-refractivity contribution in [3.05, 3.63) is 65.9 Å². The third kappa shape index (κ3) is 7.18. The van der Waals surface area contributed by atoms with Crippen molar-refractivity contribution in [2.24, 2.45) is 0 Å². The Morgan fingerprint density at radius 3 is 2.83 bits per heavy atom. The number of carboxylic acids is 1. The van der Waals surface area contributed by atoms with Gasteiger partial charge >= 0.3 is 5.97 Å². The Labute approximate surface area is 213 Å². The van der Waals surface area contributed by atoms with E-state index >= 15 is 0 Å². The standard InChI is InChI=1S/C29H38N4O3/c1-36-21-20-33(18-5-4-11-24-15-14-23-10-7-17-30-28(23)31-24)19-16-27(29(34)35)32-26-13-6-9-22-8-2-3-12-25(22)26/h2-3,6,8-9,12-15,27,32H,4-5,7,10-11,16-21H2,1H3,(H,30,31)(H,34,35)/t27-/m0/s1. The van der Waals surface area contributed by atoms with Crippen molar-refractivity contribution in [2.45, 2.75) is 44.6 Å². The molecule has 3 N–H and O–H groups in total. The zero-order chi connectivity index (χ0) is 25.2. The number of nitrogens with one attached hydrogen (secondary N) is 2. The number of hydrogen-bond acceptors (Lipinski definition) is 6. The van der Waals surface area contributed by atoms with E-state index in [2.05, 4.69) is 27.7 Å². The molecule has 36 heavy (non-hydrogen) atoms. The quantitative estimate of drug-likeness (QED) is 0.279. The molecule has 0 radical (unpaired) electrons. The third-order valence-corrected chi connectivity index (χ3v) is 6.87. The number of unbranched alkanes of at least 4 members (excludes halogenated alkanes) is 1. The molecular weight excluding hydrogens is 452 g/mol. The number of nitrogens with zero attached hydrogens (tertiary/aromatic N) is 2. The maximum atomic E-state index is 12.1. The Morgan fingerprint density at radius 2 is 1.97 bits per heavy atom. The van der Waals surface area contributed by atoms with E-state index in [1.54, 1.807) is 7.11 Å². The van der Waals surface area contributed by atoms with Crippen LogP contribution in [0, 0.1) is 0 Å². The van der Waals surface area contributed by atoms with Gasteiger partial charge in [0.25, 0.3) is 0 Å². The van der Waals surface area contributed by atoms with Crippen molar-refractivity contribution in [3.63, 3.8) is 0 Å². The predicted molar refractivity (Wildman–Crippen MR) is 146 cm³/mol. The molecule has 1 aliphatic rings. The highest BCUT2D eigenvalue weighted by molar-refractivity contribution is 5.95. The average Bonchev–Trinajstić information content (AvgIpc) is 2.91. The lowest BCUT2D eigenvalue weighted by molar-refractivity contribution is -0.138. The number of pyridine rings is 1. The molecule has 7 heteroatoms. The summed E-state index contributed by atoms with van der Waals surface area (Å²) in [7, 11) is 1.70. The van der Waals surface area contributed by atoms with Gasteiger partial charge in [-0.2, -0.15) is 0 Å². The number of carbonyl (C=O) groups is 1. The topological polar surface area (TPSA) is 86.7 Å². The van der Waals surface area contributed by atoms with Crippen molar-refractivity contribution < 1.29 is 14.6 Å². The Kier molecular flexibility index (Phi) is 9.53. The first-order chi connectivity index (χ1) is 17.6. The number of carboxylic acid groups (broad SMARTS) is 1. The van der Waals surface area contributed by atoms with E-state index in [9.17, 15) is 9.90 Å². The van der Waals surface area contributed by atoms with Gasteiger partial charge in [-0.15, -0.1) is 0 Å². The van der Waals surface area contributed by atoms with Crippen molar-refractivity contribution in [3.8, 4) is 0 Å². The molecule has 2 aromatic carbocycles. The van der Waals surface area contributed by atoms with Crippen LogP contribution < -0.4 is 10.6 Å². The number of benzene rings is 2. The summed E-state index contributed by atoms with van der Waals surface area (Å²) in [6.45, 7) is 4.03. The number of aryl methyl sites for hydroxylation is 2. The van der Waals surface area contributed by atoms with Crippen LogP contribution >= 0.6 is 0 Å². The zero-order valence-corrected chi connectivity index (χ0v) is 21.2. The van der Waals surface area contributed by atoms with E-state index in [0.29, 0.717) is 19.6 Å². The minimum absolute atomic E-state index is 0.514. The lowest BCUT2D eigenvalue weighted by atomic mass is 10.1. The third-order valence-electron chi connectivity index (χ3n) is 6.87. The molecule has 0 saturated carbocycles. The molecule has 0 spiro atoms. The summed E-state index contributed by atoms with van der Waals surface area (Å²) in [5.41, 5.74) is 3.31. The van der Waals surface area contributed by atoms with Crippen LogP contribution in [0.2, 0.25) is 0 Å². The molecule has 0 aliphatic carbocycles. The minimum Gasteiger partial charge on any atom is -0.480 e. The van der Waals surface area contributed by atoms with Gasteiger partial charge in [-0.25, -0.2) is 9.78 Å². The number of aliphatic carboxylic acids is 1. The molecule has 0 fully saturated rings. The lowest BCUT2D eigenvalue weighted by Gasteiger charge is -2.25. The lowest BCUT2D eigenvalue weighted by Crippen LogP contribution is -2.36. The van der Waals surface area contributed by atoms with E-state index in [1.807, 2.05) is 42.5 Å². The van der Waals surface area contributed by atoms with Gasteiger partial charge in [-0.3, -0.25) is 0 Å². The molecule has 0 amide bonds. The molecule has 0 bridgehead atoms. The maximum Gasteiger partial charge on any atom is 0.326 e. The summed E-state index contributed by atoms with van der Waals surface area (Å²) < 4.78 is 5.31. The second-order valence-electron chi connectivity index (χ2n) is 9.48. The number of rotatable bonds is 14. The molecule has 192 valence electrons. The fraction of sp³-hybridized carbons (Fsp3) is 0.448. The largest absolute Gasteiger partial charge is 0.480 e. The highest BCUT2D eigenvalue weighted by atomic mass is 16.5. The monoisotopic (exact) mass is 490 g/mol. The molecule has 0 saturated heterocycles. The summed E-state index contributed by atoms with van der Waals surface area (Å²) in [6.07, 6.45) is 5.83. The highest BCUT2D eigenvalue weighted by Gasteiger charge is 2.19. The van der Waals surface area contributed by atoms with Crippen LogP contribution in [0.3, 0.4) is 0 Å². The van der Waals surface area contributed by atoms with Gasteiger partial charge in [0.05, 0.1) is 6.61 Å². The summed E-state index contributed by atoms with van der Waals surface area (Å²) in [6, 6.07) is 17.7. The molecule has 2 heterocycles. The summed E-state index contributed by atoms with van der Waals surface area (Å²) in [4.78, 5) is 19.2. The molecular formula is C29H38N4O3. The van der Waals surface area contributed by atoms with E-state index in [4.69, 9.17) is 9.72 Å². The summed E-state index contributed by atoms with van der Waals surface area (Å²) >= 11 is 0. The van der Waals surface area contributed by atoms with Gasteiger partial charge < -0.3 is 25.4 Å². The number of anilines is 2. The highest BCUT2D eigenvalue weighted by Crippen LogP contribution is 2.24. The second-order valence-corrected chi connectivity index (χ2v) is 9.48. The summed E-state index contributed by atoms with van der Waals surface area (Å²) in [5, 5.41) is 18.7. The van der Waals surface area contributed by atoms with Gasteiger partial charge in [0.15, 0.2) is 0 Å². The normalized spacial score (nSPS) is 13.8. The molecule has 0 unspecified atom stereocenters. The van der Waals surface area contributed by atoms with Crippen molar-refractivity contribution >= 4 is 28.2 Å². The van der Waals surface area contributed by atoms with Crippen LogP contribution in [0.25, 0.3) is 10.8 Å². The fourth-order valence-corrected chi connectivity index (χ4v) is 4.81. The molecule has 7 nitrogen and oxygen atoms in total. The van der Waals surface area contributed by atoms with Crippen LogP contribution in [0.5, 0.6) is 0 Å². The fourth-order valence-electron chi connectivity index (χ4n) is 4.81. The maximum absolute atomic E-state index is 12.1. The van der Waals surface area contributed by atoms with Crippen molar-refractivity contribution in [2.75, 3.05) is 50.5 Å². The van der Waals surface area contributed by atoms with Crippen molar-refractivity contribution in [1.29, 1.82) is 0 Å². The van der Waals surface area contributed by atoms with E-state index in [-0.39, 0.29) is 0 Å². The van der Waals surface area contributed by atoms with Gasteiger partial charge in [-0.1, -0.05) is 42.5 Å². The van der Waals surface area contributed by atoms with Gasteiger partial charge in [0.1, 0.15) is 11.9 Å². The molecule has 1 aromatic heterocycles. The van der Waals surface area contributed by atoms with Crippen LogP contribution in [-0.4, -0.2) is 66.9 Å². The smallest absolute Gasteiger partial charge is 0.326 e. The van der Waals surface area contributed by atoms with Gasteiger partial charge in [-0.05, 0) is 68.2 Å². The average molecular weight is 491 g/mol. The Balaban J connectivity index is 1.29. The Morgan fingerprint density at radius 1 is 1.11 bits per heavy atom. The van der Waals surface area contributed by atoms with E-state index in [0.717, 1.165) is 73.3 Å². The van der Waals surface area contributed by atoms with E-state index < -0.39 is 12.0 Å².